The van der Waals surface area contributed by atoms with Crippen molar-refractivity contribution in [3.05, 3.63) is 35.4 Å². The number of likely N-dealkylation sites (N-methyl/N-ethyl adjacent to an activating group) is 1. The van der Waals surface area contributed by atoms with Crippen molar-refractivity contribution in [1.82, 2.24) is 10.2 Å². The molecule has 3 heterocycles. The number of aryl methyl sites for hydroxylation is 1. The lowest BCUT2D eigenvalue weighted by Gasteiger charge is -2.50. The second kappa shape index (κ2) is 22.3. The van der Waals surface area contributed by atoms with E-state index in [1.807, 2.05) is 44.0 Å². The summed E-state index contributed by atoms with van der Waals surface area (Å²) in [6.45, 7) is 17.2. The Bertz CT molecular complexity index is 1790. The highest BCUT2D eigenvalue weighted by Gasteiger charge is 2.54. The van der Waals surface area contributed by atoms with Gasteiger partial charge in [0, 0.05) is 51.0 Å². The van der Waals surface area contributed by atoms with E-state index in [-0.39, 0.29) is 37.7 Å². The van der Waals surface area contributed by atoms with Crippen LogP contribution in [0.3, 0.4) is 0 Å². The van der Waals surface area contributed by atoms with Crippen LogP contribution >= 0.6 is 0 Å². The van der Waals surface area contributed by atoms with Crippen LogP contribution in [0, 0.1) is 23.7 Å². The normalized spacial score (nSPS) is 42.9. The number of benzene rings is 1. The third kappa shape index (κ3) is 11.8. The van der Waals surface area contributed by atoms with E-state index in [9.17, 15) is 34.8 Å². The number of ketones is 1. The maximum atomic E-state index is 14.4. The van der Waals surface area contributed by atoms with Crippen molar-refractivity contribution in [1.29, 1.82) is 0 Å². The Kier molecular flexibility index (Phi) is 18.3. The highest BCUT2D eigenvalue weighted by atomic mass is 16.7. The molecule has 4 aliphatic rings. The summed E-state index contributed by atoms with van der Waals surface area (Å²) in [5.74, 6) is -4.79. The van der Waals surface area contributed by atoms with Gasteiger partial charge in [0.2, 0.25) is 0 Å². The molecule has 0 saturated carbocycles. The number of carbonyl (C=O) groups is 3. The molecule has 0 bridgehead atoms. The molecule has 0 aromatic heterocycles. The van der Waals surface area contributed by atoms with Crippen LogP contribution in [-0.4, -0.2) is 162 Å². The van der Waals surface area contributed by atoms with E-state index in [0.717, 1.165) is 18.4 Å². The fourth-order valence-electron chi connectivity index (χ4n) is 10.8. The first-order chi connectivity index (χ1) is 30.9. The predicted octanol–water partition coefficient (Wildman–Crippen LogP) is 4.22. The summed E-state index contributed by atoms with van der Waals surface area (Å²) in [6, 6.07) is 7.40. The van der Waals surface area contributed by atoms with Gasteiger partial charge in [0.1, 0.15) is 36.3 Å². The molecule has 1 aromatic rings. The lowest BCUT2D eigenvalue weighted by molar-refractivity contribution is -0.319. The zero-order chi connectivity index (χ0) is 49.1. The number of carbonyl (C=O) groups excluding carboxylic acids is 3. The third-order valence-electron chi connectivity index (χ3n) is 15.3. The Labute approximate surface area is 391 Å². The Morgan fingerprint density at radius 1 is 0.909 bits per heavy atom. The van der Waals surface area contributed by atoms with Gasteiger partial charge in [0.15, 0.2) is 12.6 Å². The van der Waals surface area contributed by atoms with Crippen molar-refractivity contribution >= 4 is 17.8 Å². The lowest BCUT2D eigenvalue weighted by Crippen LogP contribution is -2.61. The van der Waals surface area contributed by atoms with Crippen molar-refractivity contribution in [2.24, 2.45) is 23.7 Å². The summed E-state index contributed by atoms with van der Waals surface area (Å²) in [6.07, 6.45) is -8.68. The van der Waals surface area contributed by atoms with E-state index in [0.29, 0.717) is 13.0 Å². The molecular weight excluding hydrogens is 857 g/mol. The number of aliphatic hydroxyl groups excluding tert-OH is 3. The van der Waals surface area contributed by atoms with Crippen molar-refractivity contribution in [3.63, 3.8) is 0 Å². The number of Topliss-reactive ketones (excluding diaryl/α,β-unsaturated/α-hetero) is 1. The summed E-state index contributed by atoms with van der Waals surface area (Å²) in [5.41, 5.74) is -2.11. The average Bonchev–Trinajstić information content (AvgIpc) is 3.69. The zero-order valence-electron chi connectivity index (χ0n) is 41.4. The number of nitrogens with zero attached hydrogens (tertiary/aromatic N) is 1. The Balaban J connectivity index is 1.45. The summed E-state index contributed by atoms with van der Waals surface area (Å²) < 4.78 is 50.1. The minimum absolute atomic E-state index is 0.0533. The van der Waals surface area contributed by atoms with Gasteiger partial charge in [-0.1, -0.05) is 52.0 Å². The molecule has 1 amide bonds. The second-order valence-electron chi connectivity index (χ2n) is 20.2. The molecule has 3 saturated heterocycles. The minimum atomic E-state index is -2.00. The smallest absolute Gasteiger partial charge is 0.407 e. The molecule has 5 N–H and O–H groups in total. The first-order valence-electron chi connectivity index (χ1n) is 23.9. The maximum Gasteiger partial charge on any atom is 0.407 e. The Morgan fingerprint density at radius 2 is 1.58 bits per heavy atom. The molecular formula is C49H80N2O15. The molecule has 19 atom stereocenters. The monoisotopic (exact) mass is 937 g/mol. The number of amides is 1. The van der Waals surface area contributed by atoms with Crippen LogP contribution < -0.4 is 5.32 Å². The van der Waals surface area contributed by atoms with Crippen LogP contribution in [-0.2, 0) is 53.9 Å². The van der Waals surface area contributed by atoms with Gasteiger partial charge in [0.25, 0.3) is 0 Å². The number of esters is 1. The molecule has 3 fully saturated rings. The average molecular weight is 937 g/mol. The van der Waals surface area contributed by atoms with Crippen molar-refractivity contribution in [2.45, 2.75) is 198 Å². The Morgan fingerprint density at radius 3 is 2.23 bits per heavy atom. The van der Waals surface area contributed by atoms with E-state index >= 15 is 0 Å². The fraction of sp³-hybridized carbons (Fsp3) is 0.816. The van der Waals surface area contributed by atoms with Crippen molar-refractivity contribution in [3.8, 4) is 0 Å². The number of aliphatic hydroxyl groups is 4. The first-order valence-corrected chi connectivity index (χ1v) is 23.9. The molecule has 1 aliphatic carbocycles. The van der Waals surface area contributed by atoms with E-state index in [1.165, 1.54) is 33.6 Å². The number of fused-ring (bicyclic) bond motifs is 1. The van der Waals surface area contributed by atoms with Gasteiger partial charge < -0.3 is 63.6 Å². The number of cyclic esters (lactones) is 1. The molecule has 5 rings (SSSR count). The van der Waals surface area contributed by atoms with Gasteiger partial charge in [-0.25, -0.2) is 4.79 Å². The van der Waals surface area contributed by atoms with Crippen molar-refractivity contribution < 1.29 is 72.7 Å². The van der Waals surface area contributed by atoms with E-state index in [1.54, 1.807) is 41.5 Å². The standard InChI is InChI=1S/C49H80N2O15/c1-14-36-49(10,58)41(54)28(4)38(52)26(2)24-48(9,60-13)43(29(5)40(30(6)44(56)64-36)65-37-25-47(8,59-12)42(55)31(7)63-37)66-45-39(53)35(23-27(3)62-45)51(11)21-22-61-46(57)50-34-20-19-32-17-15-16-18-33(32)34/h15-18,26-31,34-37,39-43,45,53-55,58H,14,19-25H2,1-13H3,(H,50,57)/t26-,27-,28+,29+,30-,31+,34-,35+,36-,37+,39-,40+,41-,42+,43-,45-,47-,48-,49-/m1/s1. The molecule has 1 aromatic carbocycles. The van der Waals surface area contributed by atoms with Gasteiger partial charge in [-0.15, -0.1) is 0 Å². The first kappa shape index (κ1) is 54.1. The molecule has 0 unspecified atom stereocenters. The van der Waals surface area contributed by atoms with Crippen LogP contribution in [0.15, 0.2) is 24.3 Å². The van der Waals surface area contributed by atoms with Crippen LogP contribution in [0.25, 0.3) is 0 Å². The summed E-state index contributed by atoms with van der Waals surface area (Å²) in [5, 5.41) is 49.5. The number of rotatable bonds is 12. The van der Waals surface area contributed by atoms with E-state index < -0.39 is 120 Å². The van der Waals surface area contributed by atoms with Gasteiger partial charge in [0.05, 0.1) is 53.7 Å². The highest BCUT2D eigenvalue weighted by molar-refractivity contribution is 5.83. The number of nitrogens with one attached hydrogen (secondary N) is 1. The van der Waals surface area contributed by atoms with Gasteiger partial charge in [-0.05, 0) is 91.8 Å². The SMILES string of the molecule is CC[C@H]1OC(=O)[C@H](C)[C@@H](O[C@H]2C[C@@](C)(OC)[C@@H](O)[C@H](C)O2)[C@H](C)[C@@H](O[C@H]2O[C@H](C)C[C@H](N(C)CCOC(=O)N[C@@H]3CCc4ccccc43)[C@H]2O)[C@](C)(OC)C[C@@H](C)C(=O)[C@H](C)[C@@H](O)[C@]1(C)O. The number of methoxy groups -OCH3 is 2. The Hall–Kier alpha value is -2.81. The zero-order valence-corrected chi connectivity index (χ0v) is 41.4. The van der Waals surface area contributed by atoms with Crippen LogP contribution in [0.1, 0.15) is 119 Å². The largest absolute Gasteiger partial charge is 0.459 e. The third-order valence-corrected chi connectivity index (χ3v) is 15.3. The van der Waals surface area contributed by atoms with E-state index in [4.69, 9.17) is 37.9 Å². The number of alkyl carbamates (subject to hydrolysis) is 1. The highest BCUT2D eigenvalue weighted by Crippen LogP contribution is 2.42. The van der Waals surface area contributed by atoms with E-state index in [2.05, 4.69) is 11.4 Å². The molecule has 17 nitrogen and oxygen atoms in total. The number of hydrogen-bond acceptors (Lipinski definition) is 16. The van der Waals surface area contributed by atoms with Gasteiger partial charge >= 0.3 is 12.1 Å². The molecule has 66 heavy (non-hydrogen) atoms. The van der Waals surface area contributed by atoms with Crippen LogP contribution in [0.4, 0.5) is 4.79 Å². The van der Waals surface area contributed by atoms with Crippen LogP contribution in [0.2, 0.25) is 0 Å². The quantitative estimate of drug-likeness (QED) is 0.185. The molecule has 17 heteroatoms. The summed E-state index contributed by atoms with van der Waals surface area (Å²) in [4.78, 5) is 43.4. The van der Waals surface area contributed by atoms with Gasteiger partial charge in [-0.2, -0.15) is 0 Å². The summed E-state index contributed by atoms with van der Waals surface area (Å²) in [7, 11) is 4.81. The molecule has 0 radical (unpaired) electrons. The fourth-order valence-corrected chi connectivity index (χ4v) is 10.8. The molecule has 376 valence electrons. The topological polar surface area (TPSA) is 221 Å². The second-order valence-corrected chi connectivity index (χ2v) is 20.2. The maximum absolute atomic E-state index is 14.4. The predicted molar refractivity (Wildman–Crippen MR) is 242 cm³/mol. The molecule has 3 aliphatic heterocycles. The molecule has 0 spiro atoms. The lowest BCUT2D eigenvalue weighted by atomic mass is 9.74. The minimum Gasteiger partial charge on any atom is -0.459 e. The van der Waals surface area contributed by atoms with Crippen molar-refractivity contribution in [2.75, 3.05) is 34.4 Å². The summed E-state index contributed by atoms with van der Waals surface area (Å²) >= 11 is 0. The number of ether oxygens (including phenoxy) is 8. The van der Waals surface area contributed by atoms with Crippen LogP contribution in [0.5, 0.6) is 0 Å². The number of hydrogen-bond donors (Lipinski definition) is 5. The van der Waals surface area contributed by atoms with Gasteiger partial charge in [-0.3, -0.25) is 14.5 Å².